The molecule has 0 spiro atoms. The predicted molar refractivity (Wildman–Crippen MR) is 54.6 cm³/mol. The molecule has 0 aliphatic carbocycles. The minimum absolute atomic E-state index is 0.0988. The first-order chi connectivity index (χ1) is 7.31. The fourth-order valence-electron chi connectivity index (χ4n) is 2.05. The van der Waals surface area contributed by atoms with Crippen LogP contribution in [0.2, 0.25) is 0 Å². The molecule has 0 bridgehead atoms. The van der Waals surface area contributed by atoms with Gasteiger partial charge in [-0.05, 0) is 6.42 Å². The number of nitrogens with zero attached hydrogens (tertiary/aromatic N) is 1. The minimum Gasteiger partial charge on any atom is -0.380 e. The number of hydrogen-bond donors (Lipinski definition) is 1. The summed E-state index contributed by atoms with van der Waals surface area (Å²) in [6.07, 6.45) is 0.836. The van der Waals surface area contributed by atoms with Gasteiger partial charge in [-0.15, -0.1) is 0 Å². The van der Waals surface area contributed by atoms with Crippen LogP contribution < -0.4 is 5.32 Å². The number of methoxy groups -OCH3 is 1. The largest absolute Gasteiger partial charge is 0.380 e. The van der Waals surface area contributed by atoms with Crippen molar-refractivity contribution in [3.63, 3.8) is 0 Å². The summed E-state index contributed by atoms with van der Waals surface area (Å²) in [6, 6.07) is 0. The average molecular weight is 214 g/mol. The topological polar surface area (TPSA) is 50.8 Å². The average Bonchev–Trinajstić information content (AvgIpc) is 2.78. The van der Waals surface area contributed by atoms with Crippen molar-refractivity contribution in [2.45, 2.75) is 18.6 Å². The van der Waals surface area contributed by atoms with Crippen LogP contribution in [-0.4, -0.2) is 62.9 Å². The SMILES string of the molecule is CO[C@H]1CCN(C(=O)[C@@H]2CNCCO2)C1. The smallest absolute Gasteiger partial charge is 0.253 e. The molecule has 0 aromatic carbocycles. The highest BCUT2D eigenvalue weighted by atomic mass is 16.5. The van der Waals surface area contributed by atoms with Gasteiger partial charge < -0.3 is 19.7 Å². The van der Waals surface area contributed by atoms with Gasteiger partial charge in [-0.1, -0.05) is 0 Å². The van der Waals surface area contributed by atoms with Gasteiger partial charge in [-0.25, -0.2) is 0 Å². The lowest BCUT2D eigenvalue weighted by atomic mass is 10.2. The van der Waals surface area contributed by atoms with Crippen LogP contribution in [0.5, 0.6) is 0 Å². The Morgan fingerprint density at radius 1 is 1.60 bits per heavy atom. The molecule has 0 unspecified atom stereocenters. The van der Waals surface area contributed by atoms with Crippen molar-refractivity contribution < 1.29 is 14.3 Å². The summed E-state index contributed by atoms with van der Waals surface area (Å²) >= 11 is 0. The monoisotopic (exact) mass is 214 g/mol. The third-order valence-corrected chi connectivity index (χ3v) is 2.99. The standard InChI is InChI=1S/C10H18N2O3/c1-14-8-2-4-12(7-8)10(13)9-6-11-3-5-15-9/h8-9,11H,2-7H2,1H3/t8-,9-/m0/s1. The highest BCUT2D eigenvalue weighted by Gasteiger charge is 2.32. The summed E-state index contributed by atoms with van der Waals surface area (Å²) in [5.74, 6) is 0.0988. The number of nitrogens with one attached hydrogen (secondary N) is 1. The first kappa shape index (κ1) is 10.9. The van der Waals surface area contributed by atoms with Crippen LogP contribution in [0.15, 0.2) is 0 Å². The highest BCUT2D eigenvalue weighted by Crippen LogP contribution is 2.14. The molecular formula is C10H18N2O3. The molecule has 0 aromatic heterocycles. The lowest BCUT2D eigenvalue weighted by molar-refractivity contribution is -0.144. The molecule has 2 aliphatic heterocycles. The van der Waals surface area contributed by atoms with Gasteiger partial charge in [0.1, 0.15) is 6.10 Å². The molecule has 86 valence electrons. The second-order valence-electron chi connectivity index (χ2n) is 3.99. The third kappa shape index (κ3) is 2.48. The van der Waals surface area contributed by atoms with Crippen molar-refractivity contribution in [3.8, 4) is 0 Å². The van der Waals surface area contributed by atoms with E-state index in [1.165, 1.54) is 0 Å². The molecule has 2 saturated heterocycles. The van der Waals surface area contributed by atoms with Crippen LogP contribution >= 0.6 is 0 Å². The molecule has 0 saturated carbocycles. The Morgan fingerprint density at radius 2 is 2.47 bits per heavy atom. The molecule has 5 nitrogen and oxygen atoms in total. The second kappa shape index (κ2) is 4.92. The van der Waals surface area contributed by atoms with Crippen molar-refractivity contribution in [1.82, 2.24) is 10.2 Å². The van der Waals surface area contributed by atoms with Gasteiger partial charge in [0.15, 0.2) is 0 Å². The van der Waals surface area contributed by atoms with Gasteiger partial charge in [0, 0.05) is 33.3 Å². The summed E-state index contributed by atoms with van der Waals surface area (Å²) < 4.78 is 10.7. The van der Waals surface area contributed by atoms with Crippen molar-refractivity contribution in [3.05, 3.63) is 0 Å². The third-order valence-electron chi connectivity index (χ3n) is 2.99. The Bertz CT molecular complexity index is 229. The fourth-order valence-corrected chi connectivity index (χ4v) is 2.05. The lowest BCUT2D eigenvalue weighted by Gasteiger charge is -2.27. The van der Waals surface area contributed by atoms with Crippen LogP contribution in [0.4, 0.5) is 0 Å². The molecule has 15 heavy (non-hydrogen) atoms. The van der Waals surface area contributed by atoms with E-state index in [0.29, 0.717) is 19.7 Å². The Morgan fingerprint density at radius 3 is 3.07 bits per heavy atom. The molecule has 1 N–H and O–H groups in total. The van der Waals surface area contributed by atoms with Gasteiger partial charge >= 0.3 is 0 Å². The fraction of sp³-hybridized carbons (Fsp3) is 0.900. The molecular weight excluding hydrogens is 196 g/mol. The Hall–Kier alpha value is -0.650. The van der Waals surface area contributed by atoms with E-state index in [1.807, 2.05) is 4.90 Å². The summed E-state index contributed by atoms with van der Waals surface area (Å²) in [6.45, 7) is 3.59. The summed E-state index contributed by atoms with van der Waals surface area (Å²) in [4.78, 5) is 13.8. The minimum atomic E-state index is -0.297. The number of rotatable bonds is 2. The van der Waals surface area contributed by atoms with Gasteiger partial charge in [0.2, 0.25) is 0 Å². The molecule has 2 heterocycles. The number of hydrogen-bond acceptors (Lipinski definition) is 4. The zero-order chi connectivity index (χ0) is 10.7. The van der Waals surface area contributed by atoms with Gasteiger partial charge in [-0.2, -0.15) is 0 Å². The summed E-state index contributed by atoms with van der Waals surface area (Å²) in [5, 5.41) is 3.16. The second-order valence-corrected chi connectivity index (χ2v) is 3.99. The molecule has 0 aromatic rings. The molecule has 0 radical (unpaired) electrons. The number of amides is 1. The maximum atomic E-state index is 12.0. The maximum absolute atomic E-state index is 12.0. The number of carbonyl (C=O) groups is 1. The van der Waals surface area contributed by atoms with Crippen LogP contribution in [0.3, 0.4) is 0 Å². The van der Waals surface area contributed by atoms with E-state index >= 15 is 0 Å². The normalized spacial score (nSPS) is 31.9. The van der Waals surface area contributed by atoms with E-state index in [0.717, 1.165) is 19.5 Å². The number of likely N-dealkylation sites (tertiary alicyclic amines) is 1. The van der Waals surface area contributed by atoms with Crippen LogP contribution in [0.1, 0.15) is 6.42 Å². The first-order valence-corrected chi connectivity index (χ1v) is 5.45. The first-order valence-electron chi connectivity index (χ1n) is 5.45. The summed E-state index contributed by atoms with van der Waals surface area (Å²) in [5.41, 5.74) is 0. The van der Waals surface area contributed by atoms with Gasteiger partial charge in [0.05, 0.1) is 12.7 Å². The maximum Gasteiger partial charge on any atom is 0.253 e. The number of morpholine rings is 1. The van der Waals surface area contributed by atoms with Crippen LogP contribution in [-0.2, 0) is 14.3 Å². The molecule has 2 rings (SSSR count). The van der Waals surface area contributed by atoms with Crippen molar-refractivity contribution in [2.24, 2.45) is 0 Å². The zero-order valence-electron chi connectivity index (χ0n) is 9.07. The van der Waals surface area contributed by atoms with Crippen LogP contribution in [0.25, 0.3) is 0 Å². The lowest BCUT2D eigenvalue weighted by Crippen LogP contribution is -2.49. The van der Waals surface area contributed by atoms with E-state index in [2.05, 4.69) is 5.32 Å². The zero-order valence-corrected chi connectivity index (χ0v) is 9.07. The Labute approximate surface area is 89.7 Å². The molecule has 2 atom stereocenters. The molecule has 5 heteroatoms. The van der Waals surface area contributed by atoms with E-state index in [1.54, 1.807) is 7.11 Å². The van der Waals surface area contributed by atoms with E-state index < -0.39 is 0 Å². The van der Waals surface area contributed by atoms with Crippen molar-refractivity contribution in [1.29, 1.82) is 0 Å². The van der Waals surface area contributed by atoms with Crippen molar-refractivity contribution in [2.75, 3.05) is 39.9 Å². The van der Waals surface area contributed by atoms with Crippen molar-refractivity contribution >= 4 is 5.91 Å². The Balaban J connectivity index is 1.85. The number of ether oxygens (including phenoxy) is 2. The Kier molecular flexibility index (Phi) is 3.56. The predicted octanol–water partition coefficient (Wildman–Crippen LogP) is -0.778. The molecule has 1 amide bonds. The van der Waals surface area contributed by atoms with E-state index in [4.69, 9.17) is 9.47 Å². The number of carbonyl (C=O) groups excluding carboxylic acids is 1. The highest BCUT2D eigenvalue weighted by molar-refractivity contribution is 5.81. The van der Waals surface area contributed by atoms with Crippen LogP contribution in [0, 0.1) is 0 Å². The van der Waals surface area contributed by atoms with E-state index in [-0.39, 0.29) is 18.1 Å². The molecule has 2 fully saturated rings. The van der Waals surface area contributed by atoms with E-state index in [9.17, 15) is 4.79 Å². The van der Waals surface area contributed by atoms with Gasteiger partial charge in [0.25, 0.3) is 5.91 Å². The summed E-state index contributed by atoms with van der Waals surface area (Å²) in [7, 11) is 1.69. The van der Waals surface area contributed by atoms with Gasteiger partial charge in [-0.3, -0.25) is 4.79 Å². The quantitative estimate of drug-likeness (QED) is 0.655. The molecule has 2 aliphatic rings.